The zero-order valence-electron chi connectivity index (χ0n) is 20.8. The van der Waals surface area contributed by atoms with Crippen LogP contribution in [0.25, 0.3) is 0 Å². The molecule has 2 aliphatic carbocycles. The molecule has 0 saturated heterocycles. The normalized spacial score (nSPS) is 19.7. The number of hydrogen-bond donors (Lipinski definition) is 3. The molecule has 2 aromatic rings. The summed E-state index contributed by atoms with van der Waals surface area (Å²) in [7, 11) is 4.16. The van der Waals surface area contributed by atoms with Crippen LogP contribution in [0.2, 0.25) is 0 Å². The summed E-state index contributed by atoms with van der Waals surface area (Å²) in [6.07, 6.45) is 12.5. The molecule has 1 aromatic carbocycles. The molecule has 0 bridgehead atoms. The number of unbranched alkanes of at least 4 members (excludes halogenated alkanes) is 1. The molecule has 1 saturated carbocycles. The lowest BCUT2D eigenvalue weighted by atomic mass is 9.91. The van der Waals surface area contributed by atoms with Crippen molar-refractivity contribution in [3.05, 3.63) is 47.2 Å². The van der Waals surface area contributed by atoms with Gasteiger partial charge in [0.1, 0.15) is 5.82 Å². The molecule has 0 spiro atoms. The summed E-state index contributed by atoms with van der Waals surface area (Å²) >= 11 is 5.55. The van der Waals surface area contributed by atoms with Gasteiger partial charge in [0.05, 0.1) is 5.69 Å². The zero-order chi connectivity index (χ0) is 23.8. The Hall–Kier alpha value is -2.41. The van der Waals surface area contributed by atoms with Crippen molar-refractivity contribution < 1.29 is 0 Å². The fraction of sp³-hybridized carbons (Fsp3) is 0.593. The molecule has 3 N–H and O–H groups in total. The lowest BCUT2D eigenvalue weighted by molar-refractivity contribution is 0.385. The molecular formula is C27H40N6S. The van der Waals surface area contributed by atoms with Gasteiger partial charge < -0.3 is 20.9 Å². The monoisotopic (exact) mass is 480 g/mol. The largest absolute Gasteiger partial charge is 0.363 e. The molecule has 6 nitrogen and oxygen atoms in total. The number of anilines is 2. The predicted molar refractivity (Wildman–Crippen MR) is 146 cm³/mol. The van der Waals surface area contributed by atoms with Crippen LogP contribution in [-0.2, 0) is 19.3 Å². The number of aryl methyl sites for hydroxylation is 2. The van der Waals surface area contributed by atoms with E-state index in [0.717, 1.165) is 74.8 Å². The smallest absolute Gasteiger partial charge is 0.225 e. The van der Waals surface area contributed by atoms with Gasteiger partial charge in [0.15, 0.2) is 5.11 Å². The molecule has 2 aliphatic rings. The number of fused-ring (bicyclic) bond motifs is 1. The first-order valence-corrected chi connectivity index (χ1v) is 13.4. The van der Waals surface area contributed by atoms with Crippen molar-refractivity contribution in [1.82, 2.24) is 20.6 Å². The van der Waals surface area contributed by atoms with Crippen LogP contribution in [0.5, 0.6) is 0 Å². The molecule has 1 fully saturated rings. The van der Waals surface area contributed by atoms with Gasteiger partial charge in [0.25, 0.3) is 0 Å². The standard InChI is InChI=1S/C27H40N6S/c1-33(2)25-23-13-6-7-14-24(23)31-26(32-25)29-21-15-17-22(18-16-21)30-27(34)28-19-9-8-12-20-10-4-3-5-11-20/h3-5,10-11,21-22H,6-9,12-19H2,1-2H3,(H2,28,30,34)(H,29,31,32)/t21-,22+. The van der Waals surface area contributed by atoms with E-state index in [2.05, 4.69) is 65.3 Å². The second-order valence-corrected chi connectivity index (χ2v) is 10.3. The second kappa shape index (κ2) is 12.3. The lowest BCUT2D eigenvalue weighted by Gasteiger charge is -2.31. The summed E-state index contributed by atoms with van der Waals surface area (Å²) in [5.41, 5.74) is 3.99. The number of nitrogens with zero attached hydrogens (tertiary/aromatic N) is 3. The summed E-state index contributed by atoms with van der Waals surface area (Å²) in [4.78, 5) is 11.9. The fourth-order valence-corrected chi connectivity index (χ4v) is 5.38. The zero-order valence-corrected chi connectivity index (χ0v) is 21.6. The number of benzene rings is 1. The number of thiocarbonyl (C=S) groups is 1. The third-order valence-corrected chi connectivity index (χ3v) is 7.26. The number of nitrogens with one attached hydrogen (secondary N) is 3. The molecule has 0 unspecified atom stereocenters. The van der Waals surface area contributed by atoms with Gasteiger partial charge in [-0.25, -0.2) is 4.98 Å². The van der Waals surface area contributed by atoms with Crippen molar-refractivity contribution in [2.45, 2.75) is 82.7 Å². The van der Waals surface area contributed by atoms with E-state index in [1.807, 2.05) is 0 Å². The molecular weight excluding hydrogens is 440 g/mol. The van der Waals surface area contributed by atoms with Crippen LogP contribution in [-0.4, -0.2) is 47.8 Å². The highest BCUT2D eigenvalue weighted by Crippen LogP contribution is 2.29. The summed E-state index contributed by atoms with van der Waals surface area (Å²) in [6, 6.07) is 11.6. The van der Waals surface area contributed by atoms with E-state index >= 15 is 0 Å². The molecule has 1 aromatic heterocycles. The minimum atomic E-state index is 0.425. The Bertz CT molecular complexity index is 924. The maximum absolute atomic E-state index is 5.55. The number of aromatic nitrogens is 2. The van der Waals surface area contributed by atoms with Crippen LogP contribution in [0.4, 0.5) is 11.8 Å². The summed E-state index contributed by atoms with van der Waals surface area (Å²) in [5.74, 6) is 1.89. The van der Waals surface area contributed by atoms with Gasteiger partial charge >= 0.3 is 0 Å². The van der Waals surface area contributed by atoms with Crippen molar-refractivity contribution in [1.29, 1.82) is 0 Å². The van der Waals surface area contributed by atoms with E-state index in [1.165, 1.54) is 36.1 Å². The third-order valence-electron chi connectivity index (χ3n) is 7.00. The molecule has 7 heteroatoms. The first-order valence-electron chi connectivity index (χ1n) is 13.0. The van der Waals surface area contributed by atoms with Crippen LogP contribution in [0.1, 0.15) is 68.2 Å². The van der Waals surface area contributed by atoms with E-state index < -0.39 is 0 Å². The van der Waals surface area contributed by atoms with Crippen LogP contribution >= 0.6 is 12.2 Å². The Morgan fingerprint density at radius 3 is 2.47 bits per heavy atom. The Morgan fingerprint density at radius 1 is 0.971 bits per heavy atom. The highest BCUT2D eigenvalue weighted by Gasteiger charge is 2.24. The first-order chi connectivity index (χ1) is 16.6. The highest BCUT2D eigenvalue weighted by atomic mass is 32.1. The van der Waals surface area contributed by atoms with E-state index in [9.17, 15) is 0 Å². The first kappa shape index (κ1) is 24.7. The lowest BCUT2D eigenvalue weighted by Crippen LogP contribution is -2.45. The number of rotatable bonds is 9. The SMILES string of the molecule is CN(C)c1nc(N[C@H]2CC[C@@H](NC(=S)NCCCCc3ccccc3)CC2)nc2c1CCCC2. The van der Waals surface area contributed by atoms with Gasteiger partial charge in [-0.2, -0.15) is 4.98 Å². The fourth-order valence-electron chi connectivity index (χ4n) is 5.11. The van der Waals surface area contributed by atoms with Crippen LogP contribution in [0.15, 0.2) is 30.3 Å². The predicted octanol–water partition coefficient (Wildman–Crippen LogP) is 4.63. The molecule has 0 aliphatic heterocycles. The van der Waals surface area contributed by atoms with Crippen LogP contribution in [0, 0.1) is 0 Å². The quantitative estimate of drug-likeness (QED) is 0.357. The van der Waals surface area contributed by atoms with Gasteiger partial charge in [-0.05, 0) is 88.4 Å². The average molecular weight is 481 g/mol. The van der Waals surface area contributed by atoms with E-state index in [-0.39, 0.29) is 0 Å². The van der Waals surface area contributed by atoms with Gasteiger partial charge in [0, 0.05) is 38.3 Å². The molecule has 0 radical (unpaired) electrons. The third kappa shape index (κ3) is 7.05. The van der Waals surface area contributed by atoms with Crippen LogP contribution < -0.4 is 20.9 Å². The van der Waals surface area contributed by atoms with E-state index in [1.54, 1.807) is 0 Å². The van der Waals surface area contributed by atoms with E-state index in [0.29, 0.717) is 12.1 Å². The Balaban J connectivity index is 1.16. The van der Waals surface area contributed by atoms with Gasteiger partial charge in [-0.3, -0.25) is 0 Å². The second-order valence-electron chi connectivity index (χ2n) is 9.93. The van der Waals surface area contributed by atoms with Gasteiger partial charge in [-0.1, -0.05) is 30.3 Å². The minimum Gasteiger partial charge on any atom is -0.363 e. The average Bonchev–Trinajstić information content (AvgIpc) is 2.85. The summed E-state index contributed by atoms with van der Waals surface area (Å²) < 4.78 is 0. The van der Waals surface area contributed by atoms with Crippen LogP contribution in [0.3, 0.4) is 0 Å². The molecule has 0 amide bonds. The topological polar surface area (TPSA) is 65.1 Å². The highest BCUT2D eigenvalue weighted by molar-refractivity contribution is 7.80. The molecule has 184 valence electrons. The molecule has 0 atom stereocenters. The maximum atomic E-state index is 5.55. The Kier molecular flexibility index (Phi) is 8.97. The van der Waals surface area contributed by atoms with Crippen molar-refractivity contribution in [3.63, 3.8) is 0 Å². The van der Waals surface area contributed by atoms with E-state index in [4.69, 9.17) is 22.2 Å². The van der Waals surface area contributed by atoms with Crippen molar-refractivity contribution in [2.24, 2.45) is 0 Å². The maximum Gasteiger partial charge on any atom is 0.225 e. The molecule has 34 heavy (non-hydrogen) atoms. The minimum absolute atomic E-state index is 0.425. The number of hydrogen-bond acceptors (Lipinski definition) is 5. The van der Waals surface area contributed by atoms with Crippen molar-refractivity contribution in [2.75, 3.05) is 30.9 Å². The summed E-state index contributed by atoms with van der Waals surface area (Å²) in [6.45, 7) is 0.930. The molecule has 4 rings (SSSR count). The Labute approximate surface area is 210 Å². The Morgan fingerprint density at radius 2 is 1.71 bits per heavy atom. The van der Waals surface area contributed by atoms with Crippen molar-refractivity contribution in [3.8, 4) is 0 Å². The molecule has 1 heterocycles. The van der Waals surface area contributed by atoms with Gasteiger partial charge in [0.2, 0.25) is 5.95 Å². The van der Waals surface area contributed by atoms with Gasteiger partial charge in [-0.15, -0.1) is 0 Å². The summed E-state index contributed by atoms with van der Waals surface area (Å²) in [5, 5.41) is 11.4. The van der Waals surface area contributed by atoms with Crippen molar-refractivity contribution >= 4 is 29.1 Å².